The quantitative estimate of drug-likeness (QED) is 0.581. The summed E-state index contributed by atoms with van der Waals surface area (Å²) in [6.45, 7) is 6.84. The molecule has 0 bridgehead atoms. The number of fused-ring (bicyclic) bond motifs is 3. The predicted molar refractivity (Wildman–Crippen MR) is 126 cm³/mol. The molecule has 1 aromatic heterocycles. The van der Waals surface area contributed by atoms with Crippen LogP contribution in [0.15, 0.2) is 77.7 Å². The highest BCUT2D eigenvalue weighted by molar-refractivity contribution is 6.99. The van der Waals surface area contributed by atoms with Gasteiger partial charge in [0.15, 0.2) is 12.3 Å². The molecule has 0 unspecified atom stereocenters. The third kappa shape index (κ3) is 3.63. The van der Waals surface area contributed by atoms with Crippen LogP contribution in [-0.2, 0) is 9.16 Å². The molecule has 172 valence electrons. The van der Waals surface area contributed by atoms with Crippen molar-refractivity contribution in [3.63, 3.8) is 0 Å². The fourth-order valence-corrected chi connectivity index (χ4v) is 9.55. The van der Waals surface area contributed by atoms with Crippen molar-refractivity contribution >= 4 is 18.7 Å². The van der Waals surface area contributed by atoms with Crippen molar-refractivity contribution in [2.45, 2.75) is 50.3 Å². The van der Waals surface area contributed by atoms with E-state index in [2.05, 4.69) is 50.0 Å². The van der Waals surface area contributed by atoms with Gasteiger partial charge in [-0.05, 0) is 15.4 Å². The van der Waals surface area contributed by atoms with Gasteiger partial charge in [0.1, 0.15) is 12.2 Å². The SMILES string of the molecule is CC(C)(C)[Si](OC[C@H]1O[C@@H]2[C@@H](Oc3nc(=O)ccn32)[C@@H]1O)(c1ccccc1)c1ccccc1. The first-order valence-electron chi connectivity index (χ1n) is 11.2. The zero-order chi connectivity index (χ0) is 23.2. The zero-order valence-corrected chi connectivity index (χ0v) is 19.9. The summed E-state index contributed by atoms with van der Waals surface area (Å²) in [6.07, 6.45) is -1.07. The number of benzene rings is 2. The van der Waals surface area contributed by atoms with Crippen LogP contribution in [0.1, 0.15) is 27.0 Å². The van der Waals surface area contributed by atoms with Gasteiger partial charge in [-0.15, -0.1) is 0 Å². The number of nitrogens with zero attached hydrogens (tertiary/aromatic N) is 2. The van der Waals surface area contributed by atoms with Crippen LogP contribution in [0.2, 0.25) is 5.04 Å². The molecule has 2 aliphatic heterocycles. The Balaban J connectivity index is 1.47. The fourth-order valence-electron chi connectivity index (χ4n) is 4.98. The van der Waals surface area contributed by atoms with E-state index in [-0.39, 0.29) is 23.2 Å². The molecule has 4 atom stereocenters. The third-order valence-electron chi connectivity index (χ3n) is 6.51. The molecule has 2 aromatic carbocycles. The monoisotopic (exact) mass is 464 g/mol. The number of hydrogen-bond acceptors (Lipinski definition) is 6. The van der Waals surface area contributed by atoms with E-state index in [4.69, 9.17) is 13.9 Å². The van der Waals surface area contributed by atoms with Gasteiger partial charge in [-0.2, -0.15) is 4.98 Å². The number of rotatable bonds is 5. The van der Waals surface area contributed by atoms with Gasteiger partial charge in [0.25, 0.3) is 13.9 Å². The number of aromatic nitrogens is 2. The van der Waals surface area contributed by atoms with Crippen LogP contribution in [0.25, 0.3) is 0 Å². The molecule has 0 amide bonds. The molecular weight excluding hydrogens is 436 g/mol. The fraction of sp³-hybridized carbons (Fsp3) is 0.360. The lowest BCUT2D eigenvalue weighted by Crippen LogP contribution is -2.67. The summed E-state index contributed by atoms with van der Waals surface area (Å²) in [6, 6.07) is 22.2. The molecule has 0 saturated carbocycles. The molecule has 7 nitrogen and oxygen atoms in total. The molecule has 33 heavy (non-hydrogen) atoms. The topological polar surface area (TPSA) is 82.8 Å². The molecule has 3 aromatic rings. The molecule has 0 radical (unpaired) electrons. The molecule has 3 heterocycles. The summed E-state index contributed by atoms with van der Waals surface area (Å²) in [4.78, 5) is 15.4. The molecule has 5 rings (SSSR count). The maximum Gasteiger partial charge on any atom is 0.302 e. The van der Waals surface area contributed by atoms with Gasteiger partial charge in [-0.25, -0.2) is 0 Å². The smallest absolute Gasteiger partial charge is 0.302 e. The molecule has 1 N–H and O–H groups in total. The van der Waals surface area contributed by atoms with Crippen LogP contribution in [0.5, 0.6) is 6.01 Å². The van der Waals surface area contributed by atoms with E-state index in [1.54, 1.807) is 10.8 Å². The minimum atomic E-state index is -2.75. The Morgan fingerprint density at radius 2 is 1.64 bits per heavy atom. The number of aliphatic hydroxyl groups excluding tert-OH is 1. The van der Waals surface area contributed by atoms with E-state index in [0.29, 0.717) is 0 Å². The van der Waals surface area contributed by atoms with Gasteiger partial charge in [-0.1, -0.05) is 81.4 Å². The third-order valence-corrected chi connectivity index (χ3v) is 11.5. The van der Waals surface area contributed by atoms with Crippen molar-refractivity contribution in [2.24, 2.45) is 0 Å². The van der Waals surface area contributed by atoms with Gasteiger partial charge in [0, 0.05) is 12.3 Å². The highest BCUT2D eigenvalue weighted by Crippen LogP contribution is 2.41. The zero-order valence-electron chi connectivity index (χ0n) is 18.9. The lowest BCUT2D eigenvalue weighted by atomic mass is 10.1. The number of aliphatic hydroxyl groups is 1. The Hall–Kier alpha value is -2.78. The molecule has 2 aliphatic rings. The summed E-state index contributed by atoms with van der Waals surface area (Å²) in [5.74, 6) is 0. The van der Waals surface area contributed by atoms with Gasteiger partial charge in [-0.3, -0.25) is 9.36 Å². The van der Waals surface area contributed by atoms with E-state index >= 15 is 0 Å². The van der Waals surface area contributed by atoms with E-state index < -0.39 is 32.9 Å². The maximum absolute atomic E-state index is 11.5. The van der Waals surface area contributed by atoms with Crippen molar-refractivity contribution in [3.8, 4) is 6.01 Å². The van der Waals surface area contributed by atoms with Crippen LogP contribution in [0, 0.1) is 0 Å². The second-order valence-electron chi connectivity index (χ2n) is 9.57. The Morgan fingerprint density at radius 1 is 1.03 bits per heavy atom. The standard InChI is InChI=1S/C25H28N2O5Si/c1-25(2,3)33(17-10-6-4-7-11-17,18-12-8-5-9-13-18)30-16-19-21(29)22-23(31-19)27-15-14-20(28)26-24(27)32-22/h4-15,19,21-23,29H,16H2,1-3H3/t19-,21-,22+,23-/m1/s1. The summed E-state index contributed by atoms with van der Waals surface area (Å²) in [5.41, 5.74) is -0.387. The molecule has 1 saturated heterocycles. The number of hydrogen-bond donors (Lipinski definition) is 1. The van der Waals surface area contributed by atoms with Crippen LogP contribution in [-0.4, -0.2) is 47.9 Å². The molecule has 0 spiro atoms. The highest BCUT2D eigenvalue weighted by atomic mass is 28.4. The van der Waals surface area contributed by atoms with Crippen molar-refractivity contribution < 1.29 is 19.0 Å². The average molecular weight is 465 g/mol. The Bertz CT molecular complexity index is 1140. The predicted octanol–water partition coefficient (Wildman–Crippen LogP) is 1.84. The minimum absolute atomic E-state index is 0.169. The minimum Gasteiger partial charge on any atom is -0.453 e. The van der Waals surface area contributed by atoms with Crippen LogP contribution >= 0.6 is 0 Å². The van der Waals surface area contributed by atoms with E-state index in [0.717, 1.165) is 0 Å². The lowest BCUT2D eigenvalue weighted by Gasteiger charge is -2.43. The average Bonchev–Trinajstić information content (AvgIpc) is 3.30. The molecule has 8 heteroatoms. The summed E-state index contributed by atoms with van der Waals surface area (Å²) < 4.78 is 20.5. The Morgan fingerprint density at radius 3 is 2.21 bits per heavy atom. The van der Waals surface area contributed by atoms with Crippen LogP contribution in [0.4, 0.5) is 0 Å². The second-order valence-corrected chi connectivity index (χ2v) is 13.9. The molecule has 0 aliphatic carbocycles. The normalized spacial score (nSPS) is 24.2. The first-order chi connectivity index (χ1) is 15.8. The van der Waals surface area contributed by atoms with Crippen LogP contribution < -0.4 is 20.7 Å². The Kier molecular flexibility index (Phi) is 5.48. The van der Waals surface area contributed by atoms with Crippen LogP contribution in [0.3, 0.4) is 0 Å². The van der Waals surface area contributed by atoms with Gasteiger partial charge >= 0.3 is 6.01 Å². The number of ether oxygens (including phenoxy) is 2. The largest absolute Gasteiger partial charge is 0.453 e. The first-order valence-corrected chi connectivity index (χ1v) is 13.1. The summed E-state index contributed by atoms with van der Waals surface area (Å²) in [7, 11) is -2.75. The van der Waals surface area contributed by atoms with Gasteiger partial charge < -0.3 is 19.0 Å². The van der Waals surface area contributed by atoms with E-state index in [9.17, 15) is 9.90 Å². The first kappa shape index (κ1) is 22.0. The lowest BCUT2D eigenvalue weighted by molar-refractivity contribution is -0.0401. The summed E-state index contributed by atoms with van der Waals surface area (Å²) in [5, 5.41) is 13.2. The summed E-state index contributed by atoms with van der Waals surface area (Å²) >= 11 is 0. The molecule has 1 fully saturated rings. The second kappa shape index (κ2) is 8.21. The van der Waals surface area contributed by atoms with Crippen molar-refractivity contribution in [3.05, 3.63) is 83.3 Å². The highest BCUT2D eigenvalue weighted by Gasteiger charge is 2.54. The van der Waals surface area contributed by atoms with E-state index in [1.807, 2.05) is 36.4 Å². The maximum atomic E-state index is 11.5. The molecular formula is C25H28N2O5Si. The van der Waals surface area contributed by atoms with Crippen molar-refractivity contribution in [2.75, 3.05) is 6.61 Å². The van der Waals surface area contributed by atoms with Crippen molar-refractivity contribution in [1.29, 1.82) is 0 Å². The van der Waals surface area contributed by atoms with E-state index in [1.165, 1.54) is 16.4 Å². The Labute approximate surface area is 193 Å². The van der Waals surface area contributed by atoms with Gasteiger partial charge in [0.05, 0.1) is 6.61 Å². The van der Waals surface area contributed by atoms with Gasteiger partial charge in [0.2, 0.25) is 0 Å². The van der Waals surface area contributed by atoms with Crippen molar-refractivity contribution in [1.82, 2.24) is 9.55 Å².